The molecule has 6 heteroatoms. The summed E-state index contributed by atoms with van der Waals surface area (Å²) in [5, 5.41) is 3.24. The number of nitrogen functional groups attached to an aromatic ring is 1. The van der Waals surface area contributed by atoms with Crippen LogP contribution >= 0.6 is 0 Å². The average Bonchev–Trinajstić information content (AvgIpc) is 3.01. The van der Waals surface area contributed by atoms with E-state index in [2.05, 4.69) is 20.7 Å². The number of ether oxygens (including phenoxy) is 1. The zero-order valence-corrected chi connectivity index (χ0v) is 7.95. The lowest BCUT2D eigenvalue weighted by Crippen LogP contribution is -2.13. The molecule has 0 amide bonds. The second-order valence-electron chi connectivity index (χ2n) is 3.17. The fraction of sp³-hybridized carbons (Fsp3) is 0.500. The van der Waals surface area contributed by atoms with E-state index >= 15 is 0 Å². The third-order valence-corrected chi connectivity index (χ3v) is 2.06. The summed E-state index contributed by atoms with van der Waals surface area (Å²) < 4.78 is 5.17. The van der Waals surface area contributed by atoms with E-state index in [0.717, 1.165) is 0 Å². The zero-order chi connectivity index (χ0) is 9.97. The van der Waals surface area contributed by atoms with Crippen LogP contribution in [0.3, 0.4) is 0 Å². The van der Waals surface area contributed by atoms with E-state index in [1.807, 2.05) is 0 Å². The number of hydrogen-bond acceptors (Lipinski definition) is 6. The number of aromatic nitrogens is 2. The lowest BCUT2D eigenvalue weighted by atomic mass is 10.4. The molecule has 2 rings (SSSR count). The first-order valence-corrected chi connectivity index (χ1v) is 4.47. The molecule has 6 nitrogen and oxygen atoms in total. The summed E-state index contributed by atoms with van der Waals surface area (Å²) in [4.78, 5) is 8.04. The van der Waals surface area contributed by atoms with E-state index in [-0.39, 0.29) is 0 Å². The van der Waals surface area contributed by atoms with Gasteiger partial charge in [-0.3, -0.25) is 0 Å². The van der Waals surface area contributed by atoms with Crippen molar-refractivity contribution in [2.75, 3.05) is 17.9 Å². The van der Waals surface area contributed by atoms with Crippen LogP contribution in [0.5, 0.6) is 5.75 Å². The number of hydrazine groups is 1. The molecule has 0 aliphatic heterocycles. The molecule has 1 heterocycles. The molecule has 0 spiro atoms. The van der Waals surface area contributed by atoms with E-state index in [0.29, 0.717) is 23.4 Å². The van der Waals surface area contributed by atoms with Gasteiger partial charge < -0.3 is 15.5 Å². The number of rotatable bonds is 4. The first kappa shape index (κ1) is 9.01. The van der Waals surface area contributed by atoms with Crippen LogP contribution in [0.15, 0.2) is 6.33 Å². The highest BCUT2D eigenvalue weighted by Crippen LogP contribution is 2.32. The predicted octanol–water partition coefficient (Wildman–Crippen LogP) is 0.345. The van der Waals surface area contributed by atoms with Crippen LogP contribution in [-0.4, -0.2) is 23.1 Å². The van der Waals surface area contributed by atoms with Gasteiger partial charge in [0.2, 0.25) is 5.75 Å². The summed E-state index contributed by atoms with van der Waals surface area (Å²) in [5.74, 6) is 7.03. The minimum atomic E-state index is 0.491. The van der Waals surface area contributed by atoms with Crippen LogP contribution in [0.2, 0.25) is 0 Å². The van der Waals surface area contributed by atoms with Crippen LogP contribution in [0.4, 0.5) is 11.6 Å². The molecular formula is C8H13N5O. The fourth-order valence-corrected chi connectivity index (χ4v) is 1.19. The van der Waals surface area contributed by atoms with Gasteiger partial charge in [-0.05, 0) is 12.8 Å². The maximum Gasteiger partial charge on any atom is 0.205 e. The van der Waals surface area contributed by atoms with Crippen LogP contribution in [0.25, 0.3) is 0 Å². The third kappa shape index (κ3) is 1.69. The monoisotopic (exact) mass is 195 g/mol. The standard InChI is InChI=1S/C8H13N5O/c1-14-6-7(12-5-2-3-5)10-4-11-8(6)13-9/h4-5H,2-3,9H2,1H3,(H2,10,11,12,13). The highest BCUT2D eigenvalue weighted by atomic mass is 16.5. The lowest BCUT2D eigenvalue weighted by molar-refractivity contribution is 0.414. The second-order valence-corrected chi connectivity index (χ2v) is 3.17. The van der Waals surface area contributed by atoms with Crippen LogP contribution in [0.1, 0.15) is 12.8 Å². The Hall–Kier alpha value is -1.56. The van der Waals surface area contributed by atoms with Gasteiger partial charge in [-0.2, -0.15) is 0 Å². The SMILES string of the molecule is COc1c(NN)ncnc1NC1CC1. The Labute approximate surface area is 81.8 Å². The van der Waals surface area contributed by atoms with Crippen LogP contribution in [0, 0.1) is 0 Å². The molecule has 14 heavy (non-hydrogen) atoms. The minimum Gasteiger partial charge on any atom is -0.490 e. The molecule has 0 aromatic carbocycles. The van der Waals surface area contributed by atoms with Crippen LogP contribution in [-0.2, 0) is 0 Å². The molecule has 0 bridgehead atoms. The van der Waals surface area contributed by atoms with Gasteiger partial charge in [-0.15, -0.1) is 0 Å². The number of anilines is 2. The number of hydrogen-bond donors (Lipinski definition) is 3. The maximum absolute atomic E-state index is 5.29. The topological polar surface area (TPSA) is 85.1 Å². The Morgan fingerprint density at radius 1 is 1.43 bits per heavy atom. The summed E-state index contributed by atoms with van der Waals surface area (Å²) in [5.41, 5.74) is 2.46. The molecule has 0 radical (unpaired) electrons. The smallest absolute Gasteiger partial charge is 0.205 e. The van der Waals surface area contributed by atoms with Gasteiger partial charge in [-0.1, -0.05) is 0 Å². The Balaban J connectivity index is 2.26. The number of nitrogens with zero attached hydrogens (tertiary/aromatic N) is 2. The molecule has 1 fully saturated rings. The summed E-state index contributed by atoms with van der Waals surface area (Å²) in [7, 11) is 1.57. The molecule has 0 unspecified atom stereocenters. The average molecular weight is 195 g/mol. The van der Waals surface area contributed by atoms with Crippen molar-refractivity contribution in [3.63, 3.8) is 0 Å². The molecule has 1 aliphatic carbocycles. The van der Waals surface area contributed by atoms with Crippen molar-refractivity contribution in [3.8, 4) is 5.75 Å². The highest BCUT2D eigenvalue weighted by Gasteiger charge is 2.23. The Morgan fingerprint density at radius 3 is 2.71 bits per heavy atom. The largest absolute Gasteiger partial charge is 0.490 e. The maximum atomic E-state index is 5.29. The summed E-state index contributed by atoms with van der Waals surface area (Å²) >= 11 is 0. The van der Waals surface area contributed by atoms with E-state index in [9.17, 15) is 0 Å². The molecule has 1 aromatic rings. The van der Waals surface area contributed by atoms with Crippen molar-refractivity contribution in [1.29, 1.82) is 0 Å². The van der Waals surface area contributed by atoms with Crippen molar-refractivity contribution < 1.29 is 4.74 Å². The van der Waals surface area contributed by atoms with Crippen LogP contribution < -0.4 is 21.3 Å². The van der Waals surface area contributed by atoms with Crippen molar-refractivity contribution in [2.45, 2.75) is 18.9 Å². The molecule has 1 aromatic heterocycles. The van der Waals surface area contributed by atoms with Gasteiger partial charge in [0.15, 0.2) is 11.6 Å². The quantitative estimate of drug-likeness (QED) is 0.474. The number of nitrogens with one attached hydrogen (secondary N) is 2. The number of nitrogens with two attached hydrogens (primary N) is 1. The van der Waals surface area contributed by atoms with Crippen molar-refractivity contribution in [1.82, 2.24) is 9.97 Å². The third-order valence-electron chi connectivity index (χ3n) is 2.06. The van der Waals surface area contributed by atoms with E-state index in [4.69, 9.17) is 10.6 Å². The molecule has 1 aliphatic rings. The normalized spacial score (nSPS) is 15.0. The molecular weight excluding hydrogens is 182 g/mol. The molecule has 0 atom stereocenters. The molecule has 0 saturated heterocycles. The van der Waals surface area contributed by atoms with Crippen molar-refractivity contribution in [2.24, 2.45) is 5.84 Å². The summed E-state index contributed by atoms with van der Waals surface area (Å²) in [6, 6.07) is 0.518. The molecule has 76 valence electrons. The Bertz CT molecular complexity index is 326. The Morgan fingerprint density at radius 2 is 2.14 bits per heavy atom. The lowest BCUT2D eigenvalue weighted by Gasteiger charge is -2.11. The summed E-state index contributed by atoms with van der Waals surface area (Å²) in [6.07, 6.45) is 3.81. The van der Waals surface area contributed by atoms with E-state index < -0.39 is 0 Å². The van der Waals surface area contributed by atoms with Gasteiger partial charge in [0.05, 0.1) is 7.11 Å². The second kappa shape index (κ2) is 3.67. The number of methoxy groups -OCH3 is 1. The zero-order valence-electron chi connectivity index (χ0n) is 7.95. The van der Waals surface area contributed by atoms with Gasteiger partial charge in [0.25, 0.3) is 0 Å². The first-order chi connectivity index (χ1) is 6.85. The predicted molar refractivity (Wildman–Crippen MR) is 53.0 cm³/mol. The first-order valence-electron chi connectivity index (χ1n) is 4.47. The van der Waals surface area contributed by atoms with Gasteiger partial charge in [-0.25, -0.2) is 15.8 Å². The highest BCUT2D eigenvalue weighted by molar-refractivity contribution is 5.63. The van der Waals surface area contributed by atoms with Gasteiger partial charge in [0, 0.05) is 6.04 Å². The summed E-state index contributed by atoms with van der Waals surface area (Å²) in [6.45, 7) is 0. The van der Waals surface area contributed by atoms with Gasteiger partial charge in [0.1, 0.15) is 6.33 Å². The van der Waals surface area contributed by atoms with Gasteiger partial charge >= 0.3 is 0 Å². The molecule has 1 saturated carbocycles. The molecule has 4 N–H and O–H groups in total. The fourth-order valence-electron chi connectivity index (χ4n) is 1.19. The Kier molecular flexibility index (Phi) is 2.36. The van der Waals surface area contributed by atoms with E-state index in [1.54, 1.807) is 7.11 Å². The van der Waals surface area contributed by atoms with E-state index in [1.165, 1.54) is 19.2 Å². The van der Waals surface area contributed by atoms with Crippen molar-refractivity contribution in [3.05, 3.63) is 6.33 Å². The van der Waals surface area contributed by atoms with Crippen molar-refractivity contribution >= 4 is 11.6 Å². The minimum absolute atomic E-state index is 0.491.